The Balaban J connectivity index is 1.83. The Hall–Kier alpha value is -1.71. The van der Waals surface area contributed by atoms with Gasteiger partial charge in [-0.15, -0.1) is 0 Å². The maximum Gasteiger partial charge on any atom is 0.189 e. The Morgan fingerprint density at radius 1 is 1.47 bits per heavy atom. The number of amidine groups is 1. The Morgan fingerprint density at radius 2 is 2.33 bits per heavy atom. The summed E-state index contributed by atoms with van der Waals surface area (Å²) >= 11 is 0. The molecule has 0 aliphatic carbocycles. The quantitative estimate of drug-likeness (QED) is 0.743. The molecule has 1 unspecified atom stereocenters. The zero-order valence-corrected chi connectivity index (χ0v) is 7.86. The Kier molecular flexibility index (Phi) is 1.24. The molecule has 0 radical (unpaired) electrons. The molecule has 2 heterocycles. The molecule has 0 fully saturated rings. The third-order valence-electron chi connectivity index (χ3n) is 2.22. The molecule has 0 spiro atoms. The van der Waals surface area contributed by atoms with E-state index in [0.29, 0.717) is 17.3 Å². The second kappa shape index (κ2) is 3.46. The predicted molar refractivity (Wildman–Crippen MR) is 56.7 cm³/mol. The number of para-hydroxylation sites is 2. The Bertz CT molecular complexity index is 552. The molecule has 1 aromatic rings. The van der Waals surface area contributed by atoms with Crippen LogP contribution in [0.3, 0.4) is 0 Å². The van der Waals surface area contributed by atoms with Gasteiger partial charge in [0.15, 0.2) is 17.6 Å². The number of rotatable bonds is 1. The number of ether oxygens (including phenoxy) is 2. The third kappa shape index (κ3) is 1.52. The first-order valence-corrected chi connectivity index (χ1v) is 4.64. The van der Waals surface area contributed by atoms with Crippen LogP contribution in [0.2, 0.25) is 0 Å². The van der Waals surface area contributed by atoms with Gasteiger partial charge in [-0.2, -0.15) is 0 Å². The van der Waals surface area contributed by atoms with E-state index in [-0.39, 0.29) is 18.7 Å². The molecule has 1 N–H and O–H groups in total. The summed E-state index contributed by atoms with van der Waals surface area (Å²) < 4.78 is 41.3. The molecule has 3 atom stereocenters. The summed E-state index contributed by atoms with van der Waals surface area (Å²) in [5.74, 6) is 1.24. The van der Waals surface area contributed by atoms with Crippen molar-refractivity contribution in [2.24, 2.45) is 4.99 Å². The second-order valence-electron chi connectivity index (χ2n) is 3.20. The van der Waals surface area contributed by atoms with Crippen LogP contribution in [-0.4, -0.2) is 31.6 Å². The van der Waals surface area contributed by atoms with Crippen LogP contribution in [0.25, 0.3) is 0 Å². The van der Waals surface area contributed by atoms with Crippen LogP contribution in [0.1, 0.15) is 5.48 Å². The average Bonchev–Trinajstić information content (AvgIpc) is 2.71. The van der Waals surface area contributed by atoms with E-state index in [1.54, 1.807) is 0 Å². The monoisotopic (exact) mass is 208 g/mol. The zero-order valence-electron chi connectivity index (χ0n) is 11.9. The normalized spacial score (nSPS) is 36.8. The van der Waals surface area contributed by atoms with Crippen molar-refractivity contribution in [3.8, 4) is 11.5 Å². The molecule has 1 aromatic carbocycles. The first kappa shape index (κ1) is 5.39. The van der Waals surface area contributed by atoms with Crippen LogP contribution in [-0.2, 0) is 0 Å². The summed E-state index contributed by atoms with van der Waals surface area (Å²) in [6.45, 7) is -1.44. The van der Waals surface area contributed by atoms with Crippen LogP contribution in [0.15, 0.2) is 29.2 Å². The third-order valence-corrected chi connectivity index (χ3v) is 2.22. The smallest absolute Gasteiger partial charge is 0.189 e. The summed E-state index contributed by atoms with van der Waals surface area (Å²) in [6.07, 6.45) is -0.508. The number of hydrogen-bond donors (Lipinski definition) is 1. The molecule has 0 saturated carbocycles. The zero-order chi connectivity index (χ0) is 13.6. The van der Waals surface area contributed by atoms with Crippen molar-refractivity contribution in [2.45, 2.75) is 6.10 Å². The largest absolute Gasteiger partial charge is 0.485 e. The highest BCUT2D eigenvalue weighted by Crippen LogP contribution is 2.31. The van der Waals surface area contributed by atoms with E-state index >= 15 is 0 Å². The summed E-state index contributed by atoms with van der Waals surface area (Å²) in [5.41, 5.74) is 0. The number of hydrogen-bond acceptors (Lipinski definition) is 4. The number of nitrogens with zero attached hydrogens (tertiary/aromatic N) is 1. The minimum atomic E-state index is -0.859. The molecule has 0 bridgehead atoms. The van der Waals surface area contributed by atoms with E-state index in [9.17, 15) is 0 Å². The Morgan fingerprint density at radius 3 is 3.13 bits per heavy atom. The number of fused-ring (bicyclic) bond motifs is 1. The van der Waals surface area contributed by atoms with Crippen molar-refractivity contribution in [1.82, 2.24) is 5.32 Å². The molecule has 0 saturated heterocycles. The topological polar surface area (TPSA) is 42.8 Å². The van der Waals surface area contributed by atoms with Gasteiger partial charge in [-0.05, 0) is 12.1 Å². The van der Waals surface area contributed by atoms with Gasteiger partial charge in [0.2, 0.25) is 0 Å². The van der Waals surface area contributed by atoms with Crippen molar-refractivity contribution in [2.75, 3.05) is 19.6 Å². The van der Waals surface area contributed by atoms with Crippen LogP contribution in [0.4, 0.5) is 0 Å². The molecular formula is C11H12N2O2. The van der Waals surface area contributed by atoms with Crippen LogP contribution < -0.4 is 14.8 Å². The minimum Gasteiger partial charge on any atom is -0.485 e. The molecule has 15 heavy (non-hydrogen) atoms. The summed E-state index contributed by atoms with van der Waals surface area (Å²) in [4.78, 5) is 4.00. The van der Waals surface area contributed by atoms with Crippen molar-refractivity contribution in [3.63, 3.8) is 0 Å². The van der Waals surface area contributed by atoms with E-state index < -0.39 is 19.1 Å². The molecule has 2 aliphatic heterocycles. The number of benzene rings is 1. The van der Waals surface area contributed by atoms with E-state index in [2.05, 4.69) is 10.3 Å². The summed E-state index contributed by atoms with van der Waals surface area (Å²) in [7, 11) is 0. The highest BCUT2D eigenvalue weighted by atomic mass is 16.6. The van der Waals surface area contributed by atoms with E-state index in [0.717, 1.165) is 0 Å². The van der Waals surface area contributed by atoms with Gasteiger partial charge in [0.25, 0.3) is 0 Å². The molecule has 4 nitrogen and oxygen atoms in total. The van der Waals surface area contributed by atoms with Gasteiger partial charge in [-0.3, -0.25) is 4.99 Å². The molecule has 3 rings (SSSR count). The fourth-order valence-corrected chi connectivity index (χ4v) is 1.50. The fraction of sp³-hybridized carbons (Fsp3) is 0.364. The molecule has 0 amide bonds. The van der Waals surface area contributed by atoms with Crippen LogP contribution >= 0.6 is 0 Å². The fourth-order valence-electron chi connectivity index (χ4n) is 1.50. The summed E-state index contributed by atoms with van der Waals surface area (Å²) in [5, 5.41) is 2.77. The van der Waals surface area contributed by atoms with Crippen molar-refractivity contribution < 1.29 is 15.0 Å². The van der Waals surface area contributed by atoms with Gasteiger partial charge in [-0.25, -0.2) is 0 Å². The van der Waals surface area contributed by atoms with Crippen LogP contribution in [0.5, 0.6) is 11.5 Å². The molecule has 2 aliphatic rings. The predicted octanol–water partition coefficient (Wildman–Crippen LogP) is 0.828. The van der Waals surface area contributed by atoms with Gasteiger partial charge in [0.05, 0.1) is 12.0 Å². The molecular weight excluding hydrogens is 192 g/mol. The van der Waals surface area contributed by atoms with Gasteiger partial charge in [-0.1, -0.05) is 12.1 Å². The highest BCUT2D eigenvalue weighted by molar-refractivity contribution is 5.88. The van der Waals surface area contributed by atoms with E-state index in [4.69, 9.17) is 15.0 Å². The van der Waals surface area contributed by atoms with Gasteiger partial charge in [0.1, 0.15) is 12.4 Å². The average molecular weight is 208 g/mol. The number of nitrogens with one attached hydrogen (secondary N) is 1. The van der Waals surface area contributed by atoms with E-state index in [1.807, 2.05) is 0 Å². The first-order valence-electron chi connectivity index (χ1n) is 6.79. The lowest BCUT2D eigenvalue weighted by atomic mass is 10.2. The lowest BCUT2D eigenvalue weighted by Crippen LogP contribution is -2.42. The van der Waals surface area contributed by atoms with Crippen molar-refractivity contribution >= 4 is 5.84 Å². The number of aliphatic imine (C=N–C) groups is 1. The lowest BCUT2D eigenvalue weighted by molar-refractivity contribution is 0.133. The second-order valence-corrected chi connectivity index (χ2v) is 3.20. The molecule has 78 valence electrons. The Labute approximate surface area is 93.5 Å². The minimum absolute atomic E-state index is 0.0565. The van der Waals surface area contributed by atoms with Gasteiger partial charge in [0, 0.05) is 6.52 Å². The van der Waals surface area contributed by atoms with Crippen molar-refractivity contribution in [1.29, 1.82) is 0 Å². The summed E-state index contributed by atoms with van der Waals surface area (Å²) in [6, 6.07) is 3.00. The van der Waals surface area contributed by atoms with Gasteiger partial charge >= 0.3 is 0 Å². The maximum atomic E-state index is 7.57. The molecule has 4 heteroatoms. The molecule has 0 aromatic heterocycles. The van der Waals surface area contributed by atoms with Crippen molar-refractivity contribution in [3.05, 3.63) is 24.2 Å². The lowest BCUT2D eigenvalue weighted by Gasteiger charge is -2.26. The first-order chi connectivity index (χ1) is 9.04. The highest BCUT2D eigenvalue weighted by Gasteiger charge is 2.26. The standard InChI is InChI=1S/C11H12N2O2/c1-2-4-9-8(3-1)14-7-10(15-9)11-12-5-6-13-11/h1-4,10H,5-7H2,(H,12,13)/i1D,2D,5D,6D/t5-,6-,10?/m1/s1. The van der Waals surface area contributed by atoms with Crippen LogP contribution in [0, 0.1) is 0 Å². The maximum absolute atomic E-state index is 7.57. The SMILES string of the molecule is [2H]c1cc2c(cc1[2H])OC(C1=N[C@H]([2H])[C@@H]([2H])N1)CO2. The van der Waals surface area contributed by atoms with Gasteiger partial charge < -0.3 is 14.8 Å². The van der Waals surface area contributed by atoms with E-state index in [1.165, 1.54) is 12.1 Å².